The van der Waals surface area contributed by atoms with Gasteiger partial charge in [-0.15, -0.1) is 0 Å². The summed E-state index contributed by atoms with van der Waals surface area (Å²) in [7, 11) is 0. The van der Waals surface area contributed by atoms with E-state index in [1.165, 1.54) is 17.7 Å². The molecule has 0 spiro atoms. The lowest BCUT2D eigenvalue weighted by Crippen LogP contribution is -2.38. The van der Waals surface area contributed by atoms with Crippen LogP contribution >= 0.6 is 0 Å². The van der Waals surface area contributed by atoms with Crippen molar-refractivity contribution in [2.75, 3.05) is 0 Å². The van der Waals surface area contributed by atoms with Crippen LogP contribution in [-0.4, -0.2) is 6.04 Å². The average Bonchev–Trinajstić information content (AvgIpc) is 2.43. The Kier molecular flexibility index (Phi) is 4.82. The Morgan fingerprint density at radius 2 is 1.75 bits per heavy atom. The third-order valence-electron chi connectivity index (χ3n) is 3.32. The number of nitrogens with two attached hydrogens (primary N) is 1. The van der Waals surface area contributed by atoms with E-state index in [9.17, 15) is 8.78 Å². The van der Waals surface area contributed by atoms with Gasteiger partial charge < -0.3 is 0 Å². The van der Waals surface area contributed by atoms with Gasteiger partial charge in [0.1, 0.15) is 11.6 Å². The molecular weight excluding hydrogens is 258 g/mol. The van der Waals surface area contributed by atoms with Crippen molar-refractivity contribution < 1.29 is 8.78 Å². The van der Waals surface area contributed by atoms with Gasteiger partial charge in [0.2, 0.25) is 0 Å². The largest absolute Gasteiger partial charge is 0.271 e. The standard InChI is InChI=1S/C16H18F2N2/c1-11-2-4-12(5-3-11)8-15(20-19)9-13-6-7-14(17)10-16(13)18/h2-7,10,15,20H,8-9,19H2,1H3. The normalized spacial score (nSPS) is 12.4. The van der Waals surface area contributed by atoms with Crippen LogP contribution in [0.3, 0.4) is 0 Å². The molecule has 1 unspecified atom stereocenters. The van der Waals surface area contributed by atoms with Crippen LogP contribution in [0.25, 0.3) is 0 Å². The summed E-state index contributed by atoms with van der Waals surface area (Å²) in [4.78, 5) is 0. The molecule has 0 bridgehead atoms. The van der Waals surface area contributed by atoms with Crippen molar-refractivity contribution in [1.82, 2.24) is 5.43 Å². The zero-order chi connectivity index (χ0) is 14.5. The maximum atomic E-state index is 13.6. The highest BCUT2D eigenvalue weighted by atomic mass is 19.1. The Morgan fingerprint density at radius 1 is 1.05 bits per heavy atom. The minimum absolute atomic E-state index is 0.0994. The van der Waals surface area contributed by atoms with E-state index in [2.05, 4.69) is 5.43 Å². The maximum Gasteiger partial charge on any atom is 0.129 e. The van der Waals surface area contributed by atoms with E-state index < -0.39 is 11.6 Å². The summed E-state index contributed by atoms with van der Waals surface area (Å²) >= 11 is 0. The third-order valence-corrected chi connectivity index (χ3v) is 3.32. The summed E-state index contributed by atoms with van der Waals surface area (Å²) < 4.78 is 26.5. The number of rotatable bonds is 5. The van der Waals surface area contributed by atoms with Crippen LogP contribution in [0.15, 0.2) is 42.5 Å². The number of nitrogens with one attached hydrogen (secondary N) is 1. The van der Waals surface area contributed by atoms with Gasteiger partial charge in [0.05, 0.1) is 0 Å². The topological polar surface area (TPSA) is 38.0 Å². The van der Waals surface area contributed by atoms with Crippen molar-refractivity contribution in [3.05, 3.63) is 70.8 Å². The molecule has 0 aromatic heterocycles. The Morgan fingerprint density at radius 3 is 2.35 bits per heavy atom. The Balaban J connectivity index is 2.07. The molecule has 0 saturated carbocycles. The van der Waals surface area contributed by atoms with Crippen LogP contribution < -0.4 is 11.3 Å². The van der Waals surface area contributed by atoms with Crippen molar-refractivity contribution in [2.45, 2.75) is 25.8 Å². The third kappa shape index (κ3) is 3.85. The van der Waals surface area contributed by atoms with Crippen molar-refractivity contribution in [1.29, 1.82) is 0 Å². The SMILES string of the molecule is Cc1ccc(CC(Cc2ccc(F)cc2F)NN)cc1. The lowest BCUT2D eigenvalue weighted by atomic mass is 9.98. The fourth-order valence-corrected chi connectivity index (χ4v) is 2.15. The summed E-state index contributed by atoms with van der Waals surface area (Å²) in [5, 5.41) is 0. The van der Waals surface area contributed by atoms with E-state index in [0.29, 0.717) is 18.4 Å². The lowest BCUT2D eigenvalue weighted by Gasteiger charge is -2.16. The molecule has 0 fully saturated rings. The summed E-state index contributed by atoms with van der Waals surface area (Å²) in [5.41, 5.74) is 5.47. The van der Waals surface area contributed by atoms with E-state index in [1.54, 1.807) is 0 Å². The predicted molar refractivity (Wildman–Crippen MR) is 76.1 cm³/mol. The molecular formula is C16H18F2N2. The van der Waals surface area contributed by atoms with E-state index in [0.717, 1.165) is 11.6 Å². The molecule has 4 heteroatoms. The molecule has 1 atom stereocenters. The van der Waals surface area contributed by atoms with Crippen LogP contribution in [0.4, 0.5) is 8.78 Å². The van der Waals surface area contributed by atoms with Gasteiger partial charge in [-0.3, -0.25) is 11.3 Å². The van der Waals surface area contributed by atoms with Gasteiger partial charge in [0.25, 0.3) is 0 Å². The molecule has 2 nitrogen and oxygen atoms in total. The van der Waals surface area contributed by atoms with Crippen molar-refractivity contribution in [3.63, 3.8) is 0 Å². The zero-order valence-corrected chi connectivity index (χ0v) is 11.4. The van der Waals surface area contributed by atoms with Crippen LogP contribution in [0.1, 0.15) is 16.7 Å². The minimum atomic E-state index is -0.568. The highest BCUT2D eigenvalue weighted by Crippen LogP contribution is 2.14. The number of hydrogen-bond donors (Lipinski definition) is 2. The molecule has 0 heterocycles. The first-order valence-electron chi connectivity index (χ1n) is 6.54. The molecule has 0 amide bonds. The summed E-state index contributed by atoms with van der Waals surface area (Å²) in [6.45, 7) is 2.02. The highest BCUT2D eigenvalue weighted by molar-refractivity contribution is 5.24. The highest BCUT2D eigenvalue weighted by Gasteiger charge is 2.12. The summed E-state index contributed by atoms with van der Waals surface area (Å²) in [6, 6.07) is 11.6. The number of halogens is 2. The molecule has 2 rings (SSSR count). The lowest BCUT2D eigenvalue weighted by molar-refractivity contribution is 0.502. The summed E-state index contributed by atoms with van der Waals surface area (Å²) in [6.07, 6.45) is 1.10. The predicted octanol–water partition coefficient (Wildman–Crippen LogP) is 2.89. The van der Waals surface area contributed by atoms with Gasteiger partial charge in [-0.2, -0.15) is 0 Å². The Hall–Kier alpha value is -1.78. The number of hydrogen-bond acceptors (Lipinski definition) is 2. The fraction of sp³-hybridized carbons (Fsp3) is 0.250. The molecule has 0 radical (unpaired) electrons. The van der Waals surface area contributed by atoms with Crippen molar-refractivity contribution >= 4 is 0 Å². The molecule has 2 aromatic carbocycles. The Bertz CT molecular complexity index is 567. The number of hydrazine groups is 1. The second-order valence-corrected chi connectivity index (χ2v) is 4.99. The number of aryl methyl sites for hydroxylation is 1. The van der Waals surface area contributed by atoms with E-state index >= 15 is 0 Å². The first-order chi connectivity index (χ1) is 9.58. The van der Waals surface area contributed by atoms with Gasteiger partial charge in [-0.1, -0.05) is 35.9 Å². The minimum Gasteiger partial charge on any atom is -0.271 e. The van der Waals surface area contributed by atoms with Gasteiger partial charge in [-0.25, -0.2) is 8.78 Å². The van der Waals surface area contributed by atoms with Gasteiger partial charge >= 0.3 is 0 Å². The van der Waals surface area contributed by atoms with Crippen LogP contribution in [0, 0.1) is 18.6 Å². The van der Waals surface area contributed by atoms with Crippen molar-refractivity contribution in [3.8, 4) is 0 Å². The van der Waals surface area contributed by atoms with Gasteiger partial charge in [-0.05, 0) is 37.0 Å². The molecule has 3 N–H and O–H groups in total. The first-order valence-corrected chi connectivity index (χ1v) is 6.54. The zero-order valence-electron chi connectivity index (χ0n) is 11.4. The second-order valence-electron chi connectivity index (χ2n) is 4.99. The van der Waals surface area contributed by atoms with Gasteiger partial charge in [0, 0.05) is 12.1 Å². The Labute approximate surface area is 117 Å². The van der Waals surface area contributed by atoms with Crippen LogP contribution in [-0.2, 0) is 12.8 Å². The summed E-state index contributed by atoms with van der Waals surface area (Å²) in [5.74, 6) is 4.43. The molecule has 20 heavy (non-hydrogen) atoms. The number of benzene rings is 2. The quantitative estimate of drug-likeness (QED) is 0.651. The smallest absolute Gasteiger partial charge is 0.129 e. The van der Waals surface area contributed by atoms with E-state index in [1.807, 2.05) is 31.2 Å². The van der Waals surface area contributed by atoms with E-state index in [-0.39, 0.29) is 6.04 Å². The van der Waals surface area contributed by atoms with Crippen LogP contribution in [0.2, 0.25) is 0 Å². The molecule has 106 valence electrons. The average molecular weight is 276 g/mol. The first kappa shape index (κ1) is 14.6. The molecule has 0 aliphatic carbocycles. The fourth-order valence-electron chi connectivity index (χ4n) is 2.15. The molecule has 2 aromatic rings. The molecule has 0 aliphatic rings. The van der Waals surface area contributed by atoms with E-state index in [4.69, 9.17) is 5.84 Å². The van der Waals surface area contributed by atoms with Crippen LogP contribution in [0.5, 0.6) is 0 Å². The molecule has 0 saturated heterocycles. The second kappa shape index (κ2) is 6.59. The van der Waals surface area contributed by atoms with Gasteiger partial charge in [0.15, 0.2) is 0 Å². The monoisotopic (exact) mass is 276 g/mol. The maximum absolute atomic E-state index is 13.6. The molecule has 0 aliphatic heterocycles. The van der Waals surface area contributed by atoms with Crippen molar-refractivity contribution in [2.24, 2.45) is 5.84 Å².